The van der Waals surface area contributed by atoms with Gasteiger partial charge in [-0.25, -0.2) is 4.79 Å². The van der Waals surface area contributed by atoms with Crippen LogP contribution in [0.15, 0.2) is 41.3 Å². The number of carbonyl (C=O) groups excluding carboxylic acids is 2. The summed E-state index contributed by atoms with van der Waals surface area (Å²) in [5, 5.41) is 0. The number of Topliss-reactive ketones (excluding diaryl/α,β-unsaturated/α-hetero) is 1. The lowest BCUT2D eigenvalue weighted by molar-refractivity contribution is -0.138. The Kier molecular flexibility index (Phi) is 11.2. The van der Waals surface area contributed by atoms with E-state index in [1.54, 1.807) is 23.5 Å². The van der Waals surface area contributed by atoms with Gasteiger partial charge in [-0.1, -0.05) is 32.1 Å². The second-order valence-electron chi connectivity index (χ2n) is 8.01. The second-order valence-corrected chi connectivity index (χ2v) is 10.3. The number of esters is 1. The van der Waals surface area contributed by atoms with Gasteiger partial charge in [0.05, 0.1) is 18.8 Å². The van der Waals surface area contributed by atoms with Gasteiger partial charge >= 0.3 is 5.97 Å². The SMILES string of the molecule is C=C(CSCCCC)C(=O)OCCSc1ccc(C(=O)C(C)(C)N2CCOCC2)cc1. The molecule has 0 amide bonds. The van der Waals surface area contributed by atoms with Gasteiger partial charge in [-0.15, -0.1) is 11.8 Å². The third-order valence-electron chi connectivity index (χ3n) is 5.27. The second kappa shape index (κ2) is 13.3. The van der Waals surface area contributed by atoms with Gasteiger partial charge < -0.3 is 9.47 Å². The minimum Gasteiger partial charge on any atom is -0.461 e. The van der Waals surface area contributed by atoms with Crippen LogP contribution in [-0.4, -0.2) is 72.4 Å². The Morgan fingerprint density at radius 2 is 1.84 bits per heavy atom. The first-order chi connectivity index (χ1) is 14.9. The Bertz CT molecular complexity index is 728. The van der Waals surface area contributed by atoms with Gasteiger partial charge in [-0.05, 0) is 38.2 Å². The summed E-state index contributed by atoms with van der Waals surface area (Å²) in [4.78, 5) is 28.2. The van der Waals surface area contributed by atoms with Crippen molar-refractivity contribution < 1.29 is 19.1 Å². The molecule has 0 atom stereocenters. The van der Waals surface area contributed by atoms with Crippen LogP contribution in [0.5, 0.6) is 0 Å². The highest BCUT2D eigenvalue weighted by atomic mass is 32.2. The van der Waals surface area contributed by atoms with Crippen LogP contribution in [0.1, 0.15) is 44.0 Å². The van der Waals surface area contributed by atoms with Crippen LogP contribution in [0.3, 0.4) is 0 Å². The molecule has 1 fully saturated rings. The van der Waals surface area contributed by atoms with Crippen molar-refractivity contribution in [3.05, 3.63) is 42.0 Å². The summed E-state index contributed by atoms with van der Waals surface area (Å²) >= 11 is 3.33. The van der Waals surface area contributed by atoms with Crippen molar-refractivity contribution in [2.75, 3.05) is 50.2 Å². The zero-order valence-corrected chi connectivity index (χ0v) is 20.6. The molecule has 0 saturated carbocycles. The van der Waals surface area contributed by atoms with E-state index in [0.29, 0.717) is 42.5 Å². The number of morpholine rings is 1. The maximum absolute atomic E-state index is 13.0. The van der Waals surface area contributed by atoms with Crippen molar-refractivity contribution in [2.45, 2.75) is 44.0 Å². The quantitative estimate of drug-likeness (QED) is 0.138. The summed E-state index contributed by atoms with van der Waals surface area (Å²) in [7, 11) is 0. The highest BCUT2D eigenvalue weighted by molar-refractivity contribution is 7.99. The van der Waals surface area contributed by atoms with Crippen molar-refractivity contribution in [3.8, 4) is 0 Å². The fourth-order valence-electron chi connectivity index (χ4n) is 3.22. The molecule has 2 rings (SSSR count). The maximum Gasteiger partial charge on any atom is 0.334 e. The molecule has 0 aliphatic carbocycles. The molecule has 1 saturated heterocycles. The Morgan fingerprint density at radius 3 is 2.48 bits per heavy atom. The Balaban J connectivity index is 1.74. The minimum atomic E-state index is -0.552. The molecule has 1 aliphatic heterocycles. The molecule has 0 N–H and O–H groups in total. The van der Waals surface area contributed by atoms with E-state index < -0.39 is 5.54 Å². The lowest BCUT2D eigenvalue weighted by atomic mass is 9.91. The van der Waals surface area contributed by atoms with Gasteiger partial charge in [-0.3, -0.25) is 9.69 Å². The molecule has 0 bridgehead atoms. The minimum absolute atomic E-state index is 0.121. The summed E-state index contributed by atoms with van der Waals surface area (Å²) in [5.74, 6) is 2.14. The van der Waals surface area contributed by atoms with Crippen molar-refractivity contribution in [1.82, 2.24) is 4.90 Å². The average Bonchev–Trinajstić information content (AvgIpc) is 2.79. The number of nitrogens with zero attached hydrogens (tertiary/aromatic N) is 1. The molecule has 1 aromatic carbocycles. The summed E-state index contributed by atoms with van der Waals surface area (Å²) in [5.41, 5.74) is 0.685. The molecule has 7 heteroatoms. The Labute approximate surface area is 195 Å². The summed E-state index contributed by atoms with van der Waals surface area (Å²) < 4.78 is 10.7. The first kappa shape index (κ1) is 26.0. The first-order valence-electron chi connectivity index (χ1n) is 10.9. The normalized spacial score (nSPS) is 14.9. The Hall–Kier alpha value is -1.28. The number of rotatable bonds is 13. The molecule has 0 unspecified atom stereocenters. The zero-order valence-electron chi connectivity index (χ0n) is 19.0. The monoisotopic (exact) mass is 465 g/mol. The van der Waals surface area contributed by atoms with Crippen LogP contribution >= 0.6 is 23.5 Å². The van der Waals surface area contributed by atoms with Gasteiger partial charge in [0.15, 0.2) is 5.78 Å². The molecular formula is C24H35NO4S2. The lowest BCUT2D eigenvalue weighted by Gasteiger charge is -2.39. The number of unbranched alkanes of at least 4 members (excludes halogenated alkanes) is 1. The first-order valence-corrected chi connectivity index (χ1v) is 13.0. The van der Waals surface area contributed by atoms with E-state index in [0.717, 1.165) is 36.6 Å². The van der Waals surface area contributed by atoms with Crippen LogP contribution < -0.4 is 0 Å². The van der Waals surface area contributed by atoms with E-state index in [4.69, 9.17) is 9.47 Å². The van der Waals surface area contributed by atoms with E-state index in [1.165, 1.54) is 0 Å². The van der Waals surface area contributed by atoms with Gasteiger partial charge in [0.2, 0.25) is 0 Å². The van der Waals surface area contributed by atoms with Crippen LogP contribution in [0.25, 0.3) is 0 Å². The summed E-state index contributed by atoms with van der Waals surface area (Å²) in [6.07, 6.45) is 2.31. The van der Waals surface area contributed by atoms with Gasteiger partial charge in [0, 0.05) is 40.6 Å². The number of ether oxygens (including phenoxy) is 2. The smallest absolute Gasteiger partial charge is 0.334 e. The van der Waals surface area contributed by atoms with Crippen molar-refractivity contribution >= 4 is 35.3 Å². The molecule has 0 aromatic heterocycles. The van der Waals surface area contributed by atoms with Crippen LogP contribution in [-0.2, 0) is 14.3 Å². The summed E-state index contributed by atoms with van der Waals surface area (Å²) in [6, 6.07) is 7.68. The van der Waals surface area contributed by atoms with Gasteiger partial charge in [0.25, 0.3) is 0 Å². The molecule has 1 aliphatic rings. The molecule has 0 spiro atoms. The highest BCUT2D eigenvalue weighted by Gasteiger charge is 2.35. The topological polar surface area (TPSA) is 55.8 Å². The fourth-order valence-corrected chi connectivity index (χ4v) is 4.95. The van der Waals surface area contributed by atoms with Crippen molar-refractivity contribution in [2.24, 2.45) is 0 Å². The van der Waals surface area contributed by atoms with Crippen LogP contribution in [0, 0.1) is 0 Å². The lowest BCUT2D eigenvalue weighted by Crippen LogP contribution is -2.54. The number of hydrogen-bond acceptors (Lipinski definition) is 7. The molecule has 5 nitrogen and oxygen atoms in total. The van der Waals surface area contributed by atoms with Crippen LogP contribution in [0.4, 0.5) is 0 Å². The predicted octanol–water partition coefficient (Wildman–Crippen LogP) is 4.70. The predicted molar refractivity (Wildman–Crippen MR) is 130 cm³/mol. The fraction of sp³-hybridized carbons (Fsp3) is 0.583. The van der Waals surface area contributed by atoms with Crippen LogP contribution in [0.2, 0.25) is 0 Å². The standard InChI is InChI=1S/C24H35NO4S2/c1-5-6-16-30-18-19(2)23(27)29-15-17-31-21-9-7-20(8-10-21)22(26)24(3,4)25-11-13-28-14-12-25/h7-10H,2,5-6,11-18H2,1,3-4H3. The molecule has 31 heavy (non-hydrogen) atoms. The van der Waals surface area contributed by atoms with E-state index in [1.807, 2.05) is 38.1 Å². The molecule has 172 valence electrons. The number of hydrogen-bond donors (Lipinski definition) is 0. The average molecular weight is 466 g/mol. The zero-order chi connectivity index (χ0) is 22.7. The number of thioether (sulfide) groups is 2. The third-order valence-corrected chi connectivity index (χ3v) is 7.37. The third kappa shape index (κ3) is 8.29. The highest BCUT2D eigenvalue weighted by Crippen LogP contribution is 2.24. The molecule has 0 radical (unpaired) electrons. The number of ketones is 1. The van der Waals surface area contributed by atoms with Gasteiger partial charge in [-0.2, -0.15) is 11.8 Å². The number of carbonyl (C=O) groups is 2. The van der Waals surface area contributed by atoms with E-state index in [2.05, 4.69) is 18.4 Å². The van der Waals surface area contributed by atoms with E-state index >= 15 is 0 Å². The van der Waals surface area contributed by atoms with Gasteiger partial charge in [0.1, 0.15) is 6.61 Å². The maximum atomic E-state index is 13.0. The Morgan fingerprint density at radius 1 is 1.16 bits per heavy atom. The molecule has 1 heterocycles. The van der Waals surface area contributed by atoms with E-state index in [9.17, 15) is 9.59 Å². The largest absolute Gasteiger partial charge is 0.461 e. The van der Waals surface area contributed by atoms with Crippen molar-refractivity contribution in [1.29, 1.82) is 0 Å². The van der Waals surface area contributed by atoms with Crippen molar-refractivity contribution in [3.63, 3.8) is 0 Å². The van der Waals surface area contributed by atoms with E-state index in [-0.39, 0.29) is 11.8 Å². The summed E-state index contributed by atoms with van der Waals surface area (Å²) in [6.45, 7) is 13.2. The molecular weight excluding hydrogens is 430 g/mol. The molecule has 1 aromatic rings. The number of benzene rings is 1.